The fourth-order valence-electron chi connectivity index (χ4n) is 3.15. The maximum absolute atomic E-state index is 12.4. The summed E-state index contributed by atoms with van der Waals surface area (Å²) in [5.41, 5.74) is 3.31. The molecule has 0 bridgehead atoms. The Labute approximate surface area is 159 Å². The van der Waals surface area contributed by atoms with Crippen LogP contribution in [0.5, 0.6) is 0 Å². The molecule has 2 amide bonds. The van der Waals surface area contributed by atoms with Crippen LogP contribution >= 0.6 is 0 Å². The Kier molecular flexibility index (Phi) is 9.39. The Morgan fingerprint density at radius 1 is 1.04 bits per heavy atom. The van der Waals surface area contributed by atoms with Crippen LogP contribution in [0.3, 0.4) is 0 Å². The number of rotatable bonds is 10. The quantitative estimate of drug-likeness (QED) is 0.598. The van der Waals surface area contributed by atoms with Gasteiger partial charge in [-0.25, -0.2) is 0 Å². The van der Waals surface area contributed by atoms with Crippen LogP contribution in [0.1, 0.15) is 90.2 Å². The predicted octanol–water partition coefficient (Wildman–Crippen LogP) is 4.98. The van der Waals surface area contributed by atoms with E-state index in [1.54, 1.807) is 11.8 Å². The highest BCUT2D eigenvalue weighted by Crippen LogP contribution is 2.35. The lowest BCUT2D eigenvalue weighted by molar-refractivity contribution is -0.121. The van der Waals surface area contributed by atoms with Gasteiger partial charge in [-0.2, -0.15) is 0 Å². The van der Waals surface area contributed by atoms with Gasteiger partial charge in [0.15, 0.2) is 0 Å². The number of carbonyl (C=O) groups is 2. The van der Waals surface area contributed by atoms with Crippen molar-refractivity contribution in [1.82, 2.24) is 5.32 Å². The molecule has 0 atom stereocenters. The van der Waals surface area contributed by atoms with Gasteiger partial charge in [-0.05, 0) is 29.4 Å². The van der Waals surface area contributed by atoms with E-state index in [4.69, 9.17) is 0 Å². The van der Waals surface area contributed by atoms with Crippen molar-refractivity contribution in [1.29, 1.82) is 0 Å². The third kappa shape index (κ3) is 6.47. The molecule has 1 aromatic rings. The Bertz CT molecular complexity index is 568. The van der Waals surface area contributed by atoms with Gasteiger partial charge in [0, 0.05) is 26.4 Å². The van der Waals surface area contributed by atoms with Gasteiger partial charge < -0.3 is 10.2 Å². The second-order valence-corrected chi connectivity index (χ2v) is 7.57. The van der Waals surface area contributed by atoms with Crippen LogP contribution in [0.4, 0.5) is 5.69 Å². The molecule has 1 N–H and O–H groups in total. The molecule has 0 fully saturated rings. The summed E-state index contributed by atoms with van der Waals surface area (Å²) < 4.78 is 0. The van der Waals surface area contributed by atoms with E-state index in [2.05, 4.69) is 58.1 Å². The highest BCUT2D eigenvalue weighted by atomic mass is 16.2. The maximum Gasteiger partial charge on any atom is 0.223 e. The SMILES string of the molecule is CCCCCNC(=O)CCN(C(C)=O)c1c(C(C)C)cccc1C(C)C. The molecule has 0 aliphatic rings. The molecule has 146 valence electrons. The van der Waals surface area contributed by atoms with Crippen molar-refractivity contribution < 1.29 is 9.59 Å². The number of hydrogen-bond acceptors (Lipinski definition) is 2. The number of anilines is 1. The van der Waals surface area contributed by atoms with Gasteiger partial charge >= 0.3 is 0 Å². The normalized spacial score (nSPS) is 11.1. The third-order valence-corrected chi connectivity index (χ3v) is 4.66. The van der Waals surface area contributed by atoms with Crippen molar-refractivity contribution in [3.63, 3.8) is 0 Å². The molecule has 0 spiro atoms. The van der Waals surface area contributed by atoms with E-state index in [1.807, 2.05) is 0 Å². The number of hydrogen-bond donors (Lipinski definition) is 1. The molecule has 0 aliphatic heterocycles. The van der Waals surface area contributed by atoms with Gasteiger partial charge in [0.1, 0.15) is 0 Å². The van der Waals surface area contributed by atoms with Gasteiger partial charge in [-0.1, -0.05) is 65.7 Å². The fourth-order valence-corrected chi connectivity index (χ4v) is 3.15. The van der Waals surface area contributed by atoms with E-state index >= 15 is 0 Å². The molecule has 26 heavy (non-hydrogen) atoms. The summed E-state index contributed by atoms with van der Waals surface area (Å²) in [5.74, 6) is 0.626. The second kappa shape index (κ2) is 11.0. The molecule has 0 saturated heterocycles. The molecule has 4 nitrogen and oxygen atoms in total. The van der Waals surface area contributed by atoms with Gasteiger partial charge in [-0.3, -0.25) is 9.59 Å². The topological polar surface area (TPSA) is 49.4 Å². The molecule has 0 aliphatic carbocycles. The number of nitrogens with one attached hydrogen (secondary N) is 1. The molecule has 0 saturated carbocycles. The second-order valence-electron chi connectivity index (χ2n) is 7.57. The fraction of sp³-hybridized carbons (Fsp3) is 0.636. The molecule has 0 heterocycles. The van der Waals surface area contributed by atoms with Crippen LogP contribution < -0.4 is 10.2 Å². The first-order valence-corrected chi connectivity index (χ1v) is 9.97. The van der Waals surface area contributed by atoms with Crippen molar-refractivity contribution in [3.05, 3.63) is 29.3 Å². The number of para-hydroxylation sites is 1. The zero-order chi connectivity index (χ0) is 19.7. The maximum atomic E-state index is 12.4. The summed E-state index contributed by atoms with van der Waals surface area (Å²) in [5, 5.41) is 2.96. The lowest BCUT2D eigenvalue weighted by Gasteiger charge is -2.29. The molecule has 1 rings (SSSR count). The van der Waals surface area contributed by atoms with Crippen molar-refractivity contribution in [3.8, 4) is 0 Å². The monoisotopic (exact) mass is 360 g/mol. The first-order valence-electron chi connectivity index (χ1n) is 9.97. The van der Waals surface area contributed by atoms with Gasteiger partial charge in [0.2, 0.25) is 11.8 Å². The number of nitrogens with zero attached hydrogens (tertiary/aromatic N) is 1. The van der Waals surface area contributed by atoms with Gasteiger partial charge in [-0.15, -0.1) is 0 Å². The first-order chi connectivity index (χ1) is 12.3. The van der Waals surface area contributed by atoms with E-state index in [1.165, 1.54) is 0 Å². The summed E-state index contributed by atoms with van der Waals surface area (Å²) >= 11 is 0. The van der Waals surface area contributed by atoms with Crippen LogP contribution in [0, 0.1) is 0 Å². The van der Waals surface area contributed by atoms with Crippen molar-refractivity contribution in [2.24, 2.45) is 0 Å². The molecule has 4 heteroatoms. The Hall–Kier alpha value is -1.84. The summed E-state index contributed by atoms with van der Waals surface area (Å²) in [4.78, 5) is 26.3. The molecular formula is C22H36N2O2. The third-order valence-electron chi connectivity index (χ3n) is 4.66. The lowest BCUT2D eigenvalue weighted by Crippen LogP contribution is -2.35. The smallest absolute Gasteiger partial charge is 0.223 e. The number of carbonyl (C=O) groups excluding carboxylic acids is 2. The molecule has 0 aromatic heterocycles. The summed E-state index contributed by atoms with van der Waals surface area (Å²) in [6.07, 6.45) is 3.60. The predicted molar refractivity (Wildman–Crippen MR) is 110 cm³/mol. The summed E-state index contributed by atoms with van der Waals surface area (Å²) in [7, 11) is 0. The molecule has 1 aromatic carbocycles. The summed E-state index contributed by atoms with van der Waals surface area (Å²) in [6.45, 7) is 13.4. The van der Waals surface area contributed by atoms with Gasteiger partial charge in [0.25, 0.3) is 0 Å². The Morgan fingerprint density at radius 3 is 2.08 bits per heavy atom. The zero-order valence-electron chi connectivity index (χ0n) is 17.4. The van der Waals surface area contributed by atoms with E-state index < -0.39 is 0 Å². The van der Waals surface area contributed by atoms with E-state index in [0.717, 1.165) is 36.1 Å². The average Bonchev–Trinajstić information content (AvgIpc) is 2.58. The van der Waals surface area contributed by atoms with Crippen molar-refractivity contribution >= 4 is 17.5 Å². The van der Waals surface area contributed by atoms with Crippen LogP contribution in [-0.4, -0.2) is 24.9 Å². The van der Waals surface area contributed by atoms with Crippen LogP contribution in [0.15, 0.2) is 18.2 Å². The number of unbranched alkanes of at least 4 members (excludes halogenated alkanes) is 2. The number of amides is 2. The molecular weight excluding hydrogens is 324 g/mol. The van der Waals surface area contributed by atoms with Crippen LogP contribution in [-0.2, 0) is 9.59 Å². The van der Waals surface area contributed by atoms with E-state index in [-0.39, 0.29) is 11.8 Å². The minimum atomic E-state index is -0.0150. The molecule has 0 unspecified atom stereocenters. The van der Waals surface area contributed by atoms with Crippen LogP contribution in [0.2, 0.25) is 0 Å². The highest BCUT2D eigenvalue weighted by Gasteiger charge is 2.22. The van der Waals surface area contributed by atoms with E-state index in [9.17, 15) is 9.59 Å². The minimum Gasteiger partial charge on any atom is -0.356 e. The summed E-state index contributed by atoms with van der Waals surface area (Å²) in [6, 6.07) is 6.24. The van der Waals surface area contributed by atoms with Crippen molar-refractivity contribution in [2.45, 2.75) is 79.1 Å². The Balaban J connectivity index is 2.97. The van der Waals surface area contributed by atoms with E-state index in [0.29, 0.717) is 31.3 Å². The van der Waals surface area contributed by atoms with Gasteiger partial charge in [0.05, 0.1) is 5.69 Å². The lowest BCUT2D eigenvalue weighted by atomic mass is 9.91. The standard InChI is InChI=1S/C22H36N2O2/c1-7-8-9-14-23-21(26)13-15-24(18(6)25)22-19(16(2)3)11-10-12-20(22)17(4)5/h10-12,16-17H,7-9,13-15H2,1-6H3,(H,23,26). The highest BCUT2D eigenvalue weighted by molar-refractivity contribution is 5.94. The average molecular weight is 361 g/mol. The minimum absolute atomic E-state index is 0.0143. The van der Waals surface area contributed by atoms with Crippen LogP contribution in [0.25, 0.3) is 0 Å². The number of benzene rings is 1. The first kappa shape index (κ1) is 22.2. The zero-order valence-corrected chi connectivity index (χ0v) is 17.4. The molecule has 0 radical (unpaired) electrons. The van der Waals surface area contributed by atoms with Crippen molar-refractivity contribution in [2.75, 3.05) is 18.0 Å². The Morgan fingerprint density at radius 2 is 1.62 bits per heavy atom. The largest absolute Gasteiger partial charge is 0.356 e.